The Hall–Kier alpha value is -2.76. The molecule has 0 unspecified atom stereocenters. The van der Waals surface area contributed by atoms with E-state index in [0.29, 0.717) is 6.54 Å². The molecule has 0 amide bonds. The van der Waals surface area contributed by atoms with Crippen LogP contribution in [0.2, 0.25) is 0 Å². The van der Waals surface area contributed by atoms with Gasteiger partial charge in [-0.15, -0.1) is 0 Å². The minimum atomic E-state index is 0.581. The SMILES string of the molecule is CCNC(=NCc1c(CC)noc1CC)NCCc1c[nH]c2cccc(C)c12. The molecule has 0 fully saturated rings. The standard InChI is InChI=1S/C22H31N5O/c1-5-18-17(20(6-2)28-27-18)14-26-22(23-7-3)24-12-11-16-13-25-19-10-8-9-15(4)21(16)19/h8-10,13,25H,5-7,11-12,14H2,1-4H3,(H2,23,24,26). The Morgan fingerprint density at radius 3 is 2.79 bits per heavy atom. The van der Waals surface area contributed by atoms with Gasteiger partial charge in [0.15, 0.2) is 5.96 Å². The van der Waals surface area contributed by atoms with Crippen molar-refractivity contribution in [2.24, 2.45) is 4.99 Å². The zero-order valence-corrected chi connectivity index (χ0v) is 17.4. The van der Waals surface area contributed by atoms with Crippen LogP contribution in [0.5, 0.6) is 0 Å². The van der Waals surface area contributed by atoms with Crippen LogP contribution in [0.4, 0.5) is 0 Å². The molecule has 0 aliphatic carbocycles. The van der Waals surface area contributed by atoms with Gasteiger partial charge in [-0.1, -0.05) is 31.1 Å². The lowest BCUT2D eigenvalue weighted by Crippen LogP contribution is -2.38. The Balaban J connectivity index is 1.66. The molecule has 0 radical (unpaired) electrons. The molecule has 0 bridgehead atoms. The zero-order valence-electron chi connectivity index (χ0n) is 17.4. The summed E-state index contributed by atoms with van der Waals surface area (Å²) in [5.41, 5.74) is 5.96. The maximum Gasteiger partial charge on any atom is 0.191 e. The van der Waals surface area contributed by atoms with Crippen LogP contribution in [0.3, 0.4) is 0 Å². The number of H-pyrrole nitrogens is 1. The number of fused-ring (bicyclic) bond motifs is 1. The molecule has 0 aliphatic rings. The predicted octanol–water partition coefficient (Wildman–Crippen LogP) is 3.89. The number of aliphatic imine (C=N–C) groups is 1. The topological polar surface area (TPSA) is 78.2 Å². The summed E-state index contributed by atoms with van der Waals surface area (Å²) in [5.74, 6) is 1.76. The van der Waals surface area contributed by atoms with Gasteiger partial charge in [-0.3, -0.25) is 0 Å². The number of rotatable bonds is 8. The first-order valence-electron chi connectivity index (χ1n) is 10.2. The quantitative estimate of drug-likeness (QED) is 0.409. The van der Waals surface area contributed by atoms with Crippen molar-refractivity contribution >= 4 is 16.9 Å². The van der Waals surface area contributed by atoms with E-state index < -0.39 is 0 Å². The highest BCUT2D eigenvalue weighted by molar-refractivity contribution is 5.86. The van der Waals surface area contributed by atoms with Gasteiger partial charge in [0.1, 0.15) is 5.76 Å². The molecule has 3 aromatic rings. The number of hydrogen-bond acceptors (Lipinski definition) is 3. The second-order valence-corrected chi connectivity index (χ2v) is 6.92. The lowest BCUT2D eigenvalue weighted by atomic mass is 10.1. The molecule has 28 heavy (non-hydrogen) atoms. The van der Waals surface area contributed by atoms with Crippen molar-refractivity contribution in [2.75, 3.05) is 13.1 Å². The number of aromatic amines is 1. The predicted molar refractivity (Wildman–Crippen MR) is 115 cm³/mol. The molecule has 1 aromatic carbocycles. The van der Waals surface area contributed by atoms with Crippen molar-refractivity contribution in [3.05, 3.63) is 52.5 Å². The fourth-order valence-corrected chi connectivity index (χ4v) is 3.58. The molecule has 3 rings (SSSR count). The van der Waals surface area contributed by atoms with E-state index in [1.165, 1.54) is 22.0 Å². The van der Waals surface area contributed by atoms with Crippen LogP contribution >= 0.6 is 0 Å². The van der Waals surface area contributed by atoms with Gasteiger partial charge in [-0.2, -0.15) is 0 Å². The molecule has 0 atom stereocenters. The molecule has 6 heteroatoms. The van der Waals surface area contributed by atoms with Crippen LogP contribution < -0.4 is 10.6 Å². The summed E-state index contributed by atoms with van der Waals surface area (Å²) in [6.07, 6.45) is 4.74. The van der Waals surface area contributed by atoms with Crippen molar-refractivity contribution < 1.29 is 4.52 Å². The third-order valence-corrected chi connectivity index (χ3v) is 5.03. The largest absolute Gasteiger partial charge is 0.361 e. The second-order valence-electron chi connectivity index (χ2n) is 6.92. The van der Waals surface area contributed by atoms with Crippen molar-refractivity contribution in [3.8, 4) is 0 Å². The molecule has 0 saturated carbocycles. The van der Waals surface area contributed by atoms with Gasteiger partial charge in [-0.05, 0) is 43.9 Å². The summed E-state index contributed by atoms with van der Waals surface area (Å²) >= 11 is 0. The van der Waals surface area contributed by atoms with E-state index in [1.807, 2.05) is 0 Å². The van der Waals surface area contributed by atoms with E-state index in [-0.39, 0.29) is 0 Å². The number of guanidine groups is 1. The van der Waals surface area contributed by atoms with E-state index in [9.17, 15) is 0 Å². The Morgan fingerprint density at radius 1 is 1.18 bits per heavy atom. The first-order valence-corrected chi connectivity index (χ1v) is 10.2. The molecule has 150 valence electrons. The number of nitrogens with one attached hydrogen (secondary N) is 3. The lowest BCUT2D eigenvalue weighted by Gasteiger charge is -2.11. The Kier molecular flexibility index (Phi) is 6.74. The normalized spacial score (nSPS) is 11.9. The summed E-state index contributed by atoms with van der Waals surface area (Å²) in [6, 6.07) is 6.38. The third-order valence-electron chi connectivity index (χ3n) is 5.03. The Labute approximate surface area is 166 Å². The van der Waals surface area contributed by atoms with Gasteiger partial charge in [0, 0.05) is 42.2 Å². The minimum Gasteiger partial charge on any atom is -0.361 e. The Morgan fingerprint density at radius 2 is 2.04 bits per heavy atom. The first kappa shape index (κ1) is 20.0. The van der Waals surface area contributed by atoms with Gasteiger partial charge in [0.2, 0.25) is 0 Å². The average Bonchev–Trinajstić information content (AvgIpc) is 3.30. The van der Waals surface area contributed by atoms with Gasteiger partial charge in [0.25, 0.3) is 0 Å². The van der Waals surface area contributed by atoms with E-state index in [4.69, 9.17) is 9.52 Å². The van der Waals surface area contributed by atoms with Crippen LogP contribution in [0, 0.1) is 6.92 Å². The number of hydrogen-bond donors (Lipinski definition) is 3. The van der Waals surface area contributed by atoms with Gasteiger partial charge < -0.3 is 20.1 Å². The van der Waals surface area contributed by atoms with E-state index in [1.54, 1.807) is 0 Å². The van der Waals surface area contributed by atoms with Crippen molar-refractivity contribution in [3.63, 3.8) is 0 Å². The van der Waals surface area contributed by atoms with Crippen LogP contribution in [0.25, 0.3) is 10.9 Å². The van der Waals surface area contributed by atoms with Crippen LogP contribution in [0.1, 0.15) is 48.9 Å². The number of benzene rings is 1. The monoisotopic (exact) mass is 381 g/mol. The summed E-state index contributed by atoms with van der Waals surface area (Å²) in [6.45, 7) is 10.6. The highest BCUT2D eigenvalue weighted by atomic mass is 16.5. The van der Waals surface area contributed by atoms with E-state index in [2.05, 4.69) is 72.9 Å². The molecular formula is C22H31N5O. The minimum absolute atomic E-state index is 0.581. The molecule has 3 N–H and O–H groups in total. The second kappa shape index (κ2) is 9.44. The first-order chi connectivity index (χ1) is 13.7. The molecule has 0 spiro atoms. The van der Waals surface area contributed by atoms with Crippen molar-refractivity contribution in [2.45, 2.75) is 53.5 Å². The lowest BCUT2D eigenvalue weighted by molar-refractivity contribution is 0.380. The molecule has 0 saturated heterocycles. The number of aryl methyl sites for hydroxylation is 3. The van der Waals surface area contributed by atoms with E-state index in [0.717, 1.165) is 55.3 Å². The maximum absolute atomic E-state index is 5.45. The van der Waals surface area contributed by atoms with Crippen LogP contribution in [-0.2, 0) is 25.8 Å². The summed E-state index contributed by atoms with van der Waals surface area (Å²) in [5, 5.41) is 12.3. The fraction of sp³-hybridized carbons (Fsp3) is 0.455. The number of nitrogens with zero attached hydrogens (tertiary/aromatic N) is 2. The smallest absolute Gasteiger partial charge is 0.191 e. The van der Waals surface area contributed by atoms with Crippen LogP contribution in [0.15, 0.2) is 33.9 Å². The van der Waals surface area contributed by atoms with Crippen molar-refractivity contribution in [1.82, 2.24) is 20.8 Å². The highest BCUT2D eigenvalue weighted by Gasteiger charge is 2.13. The van der Waals surface area contributed by atoms with Gasteiger partial charge in [-0.25, -0.2) is 4.99 Å². The molecule has 6 nitrogen and oxygen atoms in total. The zero-order chi connectivity index (χ0) is 19.9. The fourth-order valence-electron chi connectivity index (χ4n) is 3.58. The van der Waals surface area contributed by atoms with E-state index >= 15 is 0 Å². The van der Waals surface area contributed by atoms with Gasteiger partial charge >= 0.3 is 0 Å². The van der Waals surface area contributed by atoms with Crippen molar-refractivity contribution in [1.29, 1.82) is 0 Å². The Bertz CT molecular complexity index is 916. The molecular weight excluding hydrogens is 350 g/mol. The molecule has 0 aliphatic heterocycles. The maximum atomic E-state index is 5.45. The highest BCUT2D eigenvalue weighted by Crippen LogP contribution is 2.22. The summed E-state index contributed by atoms with van der Waals surface area (Å²) < 4.78 is 5.45. The number of aromatic nitrogens is 2. The van der Waals surface area contributed by atoms with Gasteiger partial charge in [0.05, 0.1) is 12.2 Å². The third kappa shape index (κ3) is 4.38. The van der Waals surface area contributed by atoms with Crippen LogP contribution in [-0.4, -0.2) is 29.2 Å². The molecule has 2 heterocycles. The average molecular weight is 382 g/mol. The summed E-state index contributed by atoms with van der Waals surface area (Å²) in [4.78, 5) is 8.13. The molecule has 2 aromatic heterocycles. The summed E-state index contributed by atoms with van der Waals surface area (Å²) in [7, 11) is 0.